The van der Waals surface area contributed by atoms with Gasteiger partial charge in [0, 0.05) is 19.1 Å². The summed E-state index contributed by atoms with van der Waals surface area (Å²) in [5.41, 5.74) is 1.27. The number of benzene rings is 1. The molecule has 3 nitrogen and oxygen atoms in total. The molecular weight excluding hydrogens is 248 g/mol. The molecule has 1 aliphatic rings. The topological polar surface area (TPSA) is 35.5 Å². The minimum atomic E-state index is -0.283. The van der Waals surface area contributed by atoms with Crippen LogP contribution in [0.2, 0.25) is 0 Å². The van der Waals surface area contributed by atoms with Gasteiger partial charge in [-0.3, -0.25) is 0 Å². The molecule has 112 valence electrons. The van der Waals surface area contributed by atoms with Crippen LogP contribution >= 0.6 is 0 Å². The number of β-amino-alcohol motifs (C(OH)–C–C–N with tert-alkyl or cyclic N) is 1. The second-order valence-electron chi connectivity index (χ2n) is 6.18. The van der Waals surface area contributed by atoms with Crippen LogP contribution in [0.3, 0.4) is 0 Å². The monoisotopic (exact) mass is 276 g/mol. The highest BCUT2D eigenvalue weighted by Gasteiger charge is 2.18. The quantitative estimate of drug-likeness (QED) is 0.837. The van der Waals surface area contributed by atoms with E-state index >= 15 is 0 Å². The summed E-state index contributed by atoms with van der Waals surface area (Å²) in [5.74, 6) is 0.847. The molecule has 1 saturated heterocycles. The van der Waals surface area contributed by atoms with E-state index in [-0.39, 0.29) is 12.1 Å². The summed E-state index contributed by atoms with van der Waals surface area (Å²) in [6.45, 7) is 8.17. The lowest BCUT2D eigenvalue weighted by Crippen LogP contribution is -2.42. The minimum Gasteiger partial charge on any atom is -0.390 e. The van der Waals surface area contributed by atoms with E-state index in [4.69, 9.17) is 0 Å². The lowest BCUT2D eigenvalue weighted by molar-refractivity contribution is 0.0892. The second kappa shape index (κ2) is 7.77. The first kappa shape index (κ1) is 15.5. The van der Waals surface area contributed by atoms with Crippen molar-refractivity contribution >= 4 is 0 Å². The van der Waals surface area contributed by atoms with Gasteiger partial charge in [-0.1, -0.05) is 37.3 Å². The van der Waals surface area contributed by atoms with Gasteiger partial charge in [0.2, 0.25) is 0 Å². The highest BCUT2D eigenvalue weighted by molar-refractivity contribution is 5.17. The number of rotatable bonds is 6. The van der Waals surface area contributed by atoms with Crippen LogP contribution in [0.4, 0.5) is 0 Å². The van der Waals surface area contributed by atoms with E-state index in [1.165, 1.54) is 18.4 Å². The highest BCUT2D eigenvalue weighted by Crippen LogP contribution is 2.16. The van der Waals surface area contributed by atoms with Crippen LogP contribution in [0.5, 0.6) is 0 Å². The molecule has 1 heterocycles. The molecule has 2 N–H and O–H groups in total. The lowest BCUT2D eigenvalue weighted by atomic mass is 9.99. The Balaban J connectivity index is 1.68. The molecule has 0 aromatic heterocycles. The molecule has 0 bridgehead atoms. The predicted molar refractivity (Wildman–Crippen MR) is 83.7 cm³/mol. The number of piperidine rings is 1. The summed E-state index contributed by atoms with van der Waals surface area (Å²) >= 11 is 0. The number of aliphatic hydroxyl groups excluding tert-OH is 1. The molecule has 2 rings (SSSR count). The fourth-order valence-electron chi connectivity index (χ4n) is 2.78. The van der Waals surface area contributed by atoms with Gasteiger partial charge in [0.15, 0.2) is 0 Å². The first-order valence-corrected chi connectivity index (χ1v) is 7.84. The van der Waals surface area contributed by atoms with Crippen molar-refractivity contribution in [3.63, 3.8) is 0 Å². The third-order valence-electron chi connectivity index (χ3n) is 4.30. The van der Waals surface area contributed by atoms with Crippen molar-refractivity contribution in [2.75, 3.05) is 26.2 Å². The van der Waals surface area contributed by atoms with E-state index in [0.29, 0.717) is 6.54 Å². The first-order chi connectivity index (χ1) is 9.65. The van der Waals surface area contributed by atoms with Crippen molar-refractivity contribution in [3.8, 4) is 0 Å². The van der Waals surface area contributed by atoms with Gasteiger partial charge in [0.1, 0.15) is 0 Å². The Morgan fingerprint density at radius 3 is 2.55 bits per heavy atom. The average molecular weight is 276 g/mol. The van der Waals surface area contributed by atoms with Gasteiger partial charge in [-0.05, 0) is 44.3 Å². The summed E-state index contributed by atoms with van der Waals surface area (Å²) in [5, 5.41) is 13.6. The molecule has 20 heavy (non-hydrogen) atoms. The zero-order valence-electron chi connectivity index (χ0n) is 12.8. The number of likely N-dealkylation sites (tertiary alicyclic amines) is 1. The SMILES string of the molecule is CC1CCN(CC(O)CNC(C)c2ccccc2)CC1. The second-order valence-corrected chi connectivity index (χ2v) is 6.18. The highest BCUT2D eigenvalue weighted by atomic mass is 16.3. The smallest absolute Gasteiger partial charge is 0.0791 e. The molecule has 0 saturated carbocycles. The number of aliphatic hydroxyl groups is 1. The summed E-state index contributed by atoms with van der Waals surface area (Å²) in [4.78, 5) is 2.39. The summed E-state index contributed by atoms with van der Waals surface area (Å²) < 4.78 is 0. The van der Waals surface area contributed by atoms with Crippen LogP contribution in [0, 0.1) is 5.92 Å². The van der Waals surface area contributed by atoms with Crippen molar-refractivity contribution in [2.24, 2.45) is 5.92 Å². The molecule has 1 aromatic rings. The maximum atomic E-state index is 10.2. The molecule has 0 spiro atoms. The van der Waals surface area contributed by atoms with E-state index < -0.39 is 0 Å². The van der Waals surface area contributed by atoms with Crippen LogP contribution in [0.1, 0.15) is 38.3 Å². The van der Waals surface area contributed by atoms with Crippen molar-refractivity contribution in [1.29, 1.82) is 0 Å². The maximum Gasteiger partial charge on any atom is 0.0791 e. The van der Waals surface area contributed by atoms with Crippen molar-refractivity contribution in [2.45, 2.75) is 38.8 Å². The van der Waals surface area contributed by atoms with Gasteiger partial charge in [0.25, 0.3) is 0 Å². The van der Waals surface area contributed by atoms with Crippen LogP contribution in [-0.4, -0.2) is 42.3 Å². The van der Waals surface area contributed by atoms with Crippen molar-refractivity contribution in [3.05, 3.63) is 35.9 Å². The van der Waals surface area contributed by atoms with E-state index in [2.05, 4.69) is 48.3 Å². The molecule has 0 amide bonds. The summed E-state index contributed by atoms with van der Waals surface area (Å²) in [7, 11) is 0. The zero-order chi connectivity index (χ0) is 14.4. The molecule has 2 atom stereocenters. The van der Waals surface area contributed by atoms with Gasteiger partial charge in [-0.2, -0.15) is 0 Å². The molecular formula is C17H28N2O. The molecule has 1 fully saturated rings. The number of hydrogen-bond donors (Lipinski definition) is 2. The first-order valence-electron chi connectivity index (χ1n) is 7.84. The Labute approximate surface area is 123 Å². The summed E-state index contributed by atoms with van der Waals surface area (Å²) in [6, 6.07) is 10.7. The number of nitrogens with zero attached hydrogens (tertiary/aromatic N) is 1. The van der Waals surface area contributed by atoms with Gasteiger partial charge >= 0.3 is 0 Å². The van der Waals surface area contributed by atoms with Gasteiger partial charge in [-0.15, -0.1) is 0 Å². The van der Waals surface area contributed by atoms with Crippen molar-refractivity contribution < 1.29 is 5.11 Å². The van der Waals surface area contributed by atoms with E-state index in [0.717, 1.165) is 25.6 Å². The maximum absolute atomic E-state index is 10.2. The third-order valence-corrected chi connectivity index (χ3v) is 4.30. The van der Waals surface area contributed by atoms with Gasteiger partial charge in [0.05, 0.1) is 6.10 Å². The van der Waals surface area contributed by atoms with Crippen molar-refractivity contribution in [1.82, 2.24) is 10.2 Å². The Bertz CT molecular complexity index is 374. The fourth-order valence-corrected chi connectivity index (χ4v) is 2.78. The normalized spacial score (nSPS) is 20.8. The Kier molecular flexibility index (Phi) is 6.02. The fraction of sp³-hybridized carbons (Fsp3) is 0.647. The lowest BCUT2D eigenvalue weighted by Gasteiger charge is -2.32. The average Bonchev–Trinajstić information content (AvgIpc) is 2.48. The predicted octanol–water partition coefficient (Wildman–Crippen LogP) is 2.43. The zero-order valence-corrected chi connectivity index (χ0v) is 12.8. The third kappa shape index (κ3) is 4.89. The molecule has 2 unspecified atom stereocenters. The molecule has 1 aromatic carbocycles. The Hall–Kier alpha value is -0.900. The van der Waals surface area contributed by atoms with Crippen LogP contribution in [0.15, 0.2) is 30.3 Å². The van der Waals surface area contributed by atoms with Crippen LogP contribution in [-0.2, 0) is 0 Å². The Morgan fingerprint density at radius 2 is 1.90 bits per heavy atom. The van der Waals surface area contributed by atoms with Gasteiger partial charge < -0.3 is 15.3 Å². The Morgan fingerprint density at radius 1 is 1.25 bits per heavy atom. The molecule has 3 heteroatoms. The standard InChI is InChI=1S/C17H28N2O/c1-14-8-10-19(11-9-14)13-17(20)12-18-15(2)16-6-4-3-5-7-16/h3-7,14-15,17-18,20H,8-13H2,1-2H3. The van der Waals surface area contributed by atoms with Gasteiger partial charge in [-0.25, -0.2) is 0 Å². The molecule has 1 aliphatic heterocycles. The number of hydrogen-bond acceptors (Lipinski definition) is 3. The molecule has 0 radical (unpaired) electrons. The van der Waals surface area contributed by atoms with Crippen LogP contribution < -0.4 is 5.32 Å². The van der Waals surface area contributed by atoms with E-state index in [1.807, 2.05) is 6.07 Å². The largest absolute Gasteiger partial charge is 0.390 e. The van der Waals surface area contributed by atoms with Crippen LogP contribution in [0.25, 0.3) is 0 Å². The summed E-state index contributed by atoms with van der Waals surface area (Å²) in [6.07, 6.45) is 2.25. The van der Waals surface area contributed by atoms with E-state index in [9.17, 15) is 5.11 Å². The number of nitrogens with one attached hydrogen (secondary N) is 1. The molecule has 0 aliphatic carbocycles. The van der Waals surface area contributed by atoms with E-state index in [1.54, 1.807) is 0 Å². The minimum absolute atomic E-state index is 0.283.